The van der Waals surface area contributed by atoms with E-state index in [2.05, 4.69) is 9.71 Å². The van der Waals surface area contributed by atoms with Crippen molar-refractivity contribution in [3.05, 3.63) is 29.8 Å². The largest absolute Gasteiger partial charge is 0.455 e. The molecule has 1 fully saturated rings. The Bertz CT molecular complexity index is 834. The molecule has 0 spiro atoms. The van der Waals surface area contributed by atoms with Crippen LogP contribution >= 0.6 is 0 Å². The molecule has 1 aromatic carbocycles. The summed E-state index contributed by atoms with van der Waals surface area (Å²) in [7, 11) is -2.22. The van der Waals surface area contributed by atoms with Crippen LogP contribution in [-0.2, 0) is 24.3 Å². The van der Waals surface area contributed by atoms with Crippen LogP contribution in [0.2, 0.25) is 0 Å². The van der Waals surface area contributed by atoms with Crippen molar-refractivity contribution in [2.75, 3.05) is 26.7 Å². The number of carbonyl (C=O) groups excluding carboxylic acids is 2. The minimum absolute atomic E-state index is 0.189. The van der Waals surface area contributed by atoms with E-state index in [0.29, 0.717) is 37.3 Å². The highest BCUT2D eigenvalue weighted by Gasteiger charge is 2.35. The number of amidine groups is 1. The first-order valence-electron chi connectivity index (χ1n) is 7.99. The van der Waals surface area contributed by atoms with Crippen LogP contribution in [0.5, 0.6) is 0 Å². The molecule has 0 saturated carbocycles. The number of nitrogens with zero attached hydrogens (tertiary/aromatic N) is 2. The molecule has 3 rings (SSSR count). The van der Waals surface area contributed by atoms with Gasteiger partial charge in [0.1, 0.15) is 4.90 Å². The average Bonchev–Trinajstić information content (AvgIpc) is 2.91. The van der Waals surface area contributed by atoms with Crippen LogP contribution < -0.4 is 5.32 Å². The Morgan fingerprint density at radius 3 is 2.88 bits per heavy atom. The molecule has 0 radical (unpaired) electrons. The van der Waals surface area contributed by atoms with Gasteiger partial charge in [0.05, 0.1) is 5.92 Å². The summed E-state index contributed by atoms with van der Waals surface area (Å²) in [5, 5.41) is 2.38. The van der Waals surface area contributed by atoms with E-state index in [0.717, 1.165) is 0 Å². The highest BCUT2D eigenvalue weighted by molar-refractivity contribution is 7.90. The highest BCUT2D eigenvalue weighted by Crippen LogP contribution is 2.29. The second-order valence-electron chi connectivity index (χ2n) is 5.95. The lowest BCUT2D eigenvalue weighted by Gasteiger charge is -2.32. The highest BCUT2D eigenvalue weighted by atomic mass is 32.2. The summed E-state index contributed by atoms with van der Waals surface area (Å²) in [6.07, 6.45) is 1.34. The number of hydrogen-bond acceptors (Lipinski definition) is 6. The van der Waals surface area contributed by atoms with Crippen LogP contribution in [0.3, 0.4) is 0 Å². The zero-order valence-corrected chi connectivity index (χ0v) is 14.6. The van der Waals surface area contributed by atoms with Crippen molar-refractivity contribution in [2.45, 2.75) is 17.7 Å². The molecule has 9 heteroatoms. The van der Waals surface area contributed by atoms with E-state index >= 15 is 0 Å². The molecule has 1 saturated heterocycles. The first kappa shape index (κ1) is 17.4. The Hall–Kier alpha value is -2.42. The van der Waals surface area contributed by atoms with E-state index in [9.17, 15) is 18.0 Å². The summed E-state index contributed by atoms with van der Waals surface area (Å²) in [6.45, 7) is 0.612. The number of ether oxygens (including phenoxy) is 1. The molecule has 1 amide bonds. The zero-order chi connectivity index (χ0) is 18.0. The normalized spacial score (nSPS) is 21.2. The first-order chi connectivity index (χ1) is 11.9. The number of rotatable bonds is 3. The van der Waals surface area contributed by atoms with Gasteiger partial charge in [0, 0.05) is 25.7 Å². The van der Waals surface area contributed by atoms with Gasteiger partial charge in [-0.2, -0.15) is 8.42 Å². The number of likely N-dealkylation sites (N-methyl/N-ethyl adjacent to an activating group) is 1. The number of amides is 1. The third kappa shape index (κ3) is 3.51. The molecule has 2 aliphatic heterocycles. The molecule has 0 unspecified atom stereocenters. The average molecular weight is 365 g/mol. The van der Waals surface area contributed by atoms with Gasteiger partial charge in [-0.15, -0.1) is 4.40 Å². The second-order valence-corrected chi connectivity index (χ2v) is 7.52. The molecular weight excluding hydrogens is 346 g/mol. The molecule has 2 aliphatic rings. The molecule has 2 heterocycles. The van der Waals surface area contributed by atoms with Gasteiger partial charge in [-0.1, -0.05) is 12.1 Å². The van der Waals surface area contributed by atoms with Crippen molar-refractivity contribution in [3.8, 4) is 0 Å². The fourth-order valence-electron chi connectivity index (χ4n) is 3.01. The van der Waals surface area contributed by atoms with Crippen molar-refractivity contribution < 1.29 is 22.7 Å². The Morgan fingerprint density at radius 2 is 2.12 bits per heavy atom. The molecule has 1 aromatic rings. The lowest BCUT2D eigenvalue weighted by atomic mass is 9.97. The maximum absolute atomic E-state index is 12.2. The van der Waals surface area contributed by atoms with Gasteiger partial charge in [-0.3, -0.25) is 9.59 Å². The summed E-state index contributed by atoms with van der Waals surface area (Å²) < 4.78 is 33.3. The number of carbonyl (C=O) groups is 2. The van der Waals surface area contributed by atoms with Gasteiger partial charge < -0.3 is 15.0 Å². The van der Waals surface area contributed by atoms with Gasteiger partial charge in [0.25, 0.3) is 15.9 Å². The van der Waals surface area contributed by atoms with Crippen molar-refractivity contribution in [3.63, 3.8) is 0 Å². The number of benzene rings is 1. The maximum Gasteiger partial charge on any atom is 0.311 e. The minimum atomic E-state index is -3.69. The molecule has 1 N–H and O–H groups in total. The van der Waals surface area contributed by atoms with Gasteiger partial charge in [0.15, 0.2) is 12.4 Å². The number of sulfonamides is 1. The summed E-state index contributed by atoms with van der Waals surface area (Å²) in [5.74, 6) is -0.875. The predicted molar refractivity (Wildman–Crippen MR) is 89.5 cm³/mol. The number of fused-ring (bicyclic) bond motifs is 1. The van der Waals surface area contributed by atoms with Crippen LogP contribution in [0, 0.1) is 5.92 Å². The van der Waals surface area contributed by atoms with Crippen LogP contribution in [0.1, 0.15) is 18.4 Å². The van der Waals surface area contributed by atoms with Crippen LogP contribution in [0.25, 0.3) is 0 Å². The molecule has 0 bridgehead atoms. The Morgan fingerprint density at radius 1 is 1.36 bits per heavy atom. The van der Waals surface area contributed by atoms with Gasteiger partial charge in [0.2, 0.25) is 0 Å². The predicted octanol–water partition coefficient (Wildman–Crippen LogP) is 0.137. The third-order valence-corrected chi connectivity index (χ3v) is 5.62. The van der Waals surface area contributed by atoms with E-state index in [4.69, 9.17) is 4.74 Å². The summed E-state index contributed by atoms with van der Waals surface area (Å²) in [4.78, 5) is 25.4. The van der Waals surface area contributed by atoms with Crippen LogP contribution in [-0.4, -0.2) is 57.8 Å². The molecule has 8 nitrogen and oxygen atoms in total. The standard InChI is InChI=1S/C16H19N3O5S/c1-17-14(20)10-24-16(21)11-5-4-8-19(9-11)15-12-6-2-3-7-13(12)25(22,23)18-15/h2-3,6-7,11H,4-5,8-10H2,1H3,(H,17,20)/t11-/m1/s1. The minimum Gasteiger partial charge on any atom is -0.455 e. The molecule has 0 aromatic heterocycles. The fraction of sp³-hybridized carbons (Fsp3) is 0.438. The fourth-order valence-corrected chi connectivity index (χ4v) is 4.23. The molecule has 1 atom stereocenters. The molecule has 134 valence electrons. The summed E-state index contributed by atoms with van der Waals surface area (Å²) >= 11 is 0. The number of piperidine rings is 1. The van der Waals surface area contributed by atoms with Crippen LogP contribution in [0.4, 0.5) is 0 Å². The van der Waals surface area contributed by atoms with Gasteiger partial charge >= 0.3 is 5.97 Å². The number of hydrogen-bond donors (Lipinski definition) is 1. The first-order valence-corrected chi connectivity index (χ1v) is 9.43. The third-order valence-electron chi connectivity index (χ3n) is 4.29. The van der Waals surface area contributed by atoms with Gasteiger partial charge in [-0.05, 0) is 25.0 Å². The zero-order valence-electron chi connectivity index (χ0n) is 13.8. The van der Waals surface area contributed by atoms with E-state index in [1.165, 1.54) is 13.1 Å². The quantitative estimate of drug-likeness (QED) is 0.764. The van der Waals surface area contributed by atoms with Crippen molar-refractivity contribution in [1.29, 1.82) is 0 Å². The smallest absolute Gasteiger partial charge is 0.311 e. The molecule has 25 heavy (non-hydrogen) atoms. The van der Waals surface area contributed by atoms with Crippen molar-refractivity contribution in [1.82, 2.24) is 10.2 Å². The maximum atomic E-state index is 12.2. The van der Waals surface area contributed by atoms with E-state index in [1.54, 1.807) is 23.1 Å². The summed E-state index contributed by atoms with van der Waals surface area (Å²) in [6, 6.07) is 6.66. The second kappa shape index (κ2) is 6.83. The Kier molecular flexibility index (Phi) is 4.76. The van der Waals surface area contributed by atoms with Crippen molar-refractivity contribution >= 4 is 27.7 Å². The monoisotopic (exact) mass is 365 g/mol. The lowest BCUT2D eigenvalue weighted by Crippen LogP contribution is -2.43. The molecular formula is C16H19N3O5S. The number of esters is 1. The van der Waals surface area contributed by atoms with E-state index < -0.39 is 21.9 Å². The Labute approximate surface area is 145 Å². The van der Waals surface area contributed by atoms with Crippen molar-refractivity contribution in [2.24, 2.45) is 10.3 Å². The lowest BCUT2D eigenvalue weighted by molar-refractivity contribution is -0.153. The molecule has 0 aliphatic carbocycles. The SMILES string of the molecule is CNC(=O)COC(=O)[C@@H]1CCCN(C2=NS(=O)(=O)c3ccccc32)C1. The Balaban J connectivity index is 1.74. The topological polar surface area (TPSA) is 105 Å². The van der Waals surface area contributed by atoms with E-state index in [1.807, 2.05) is 0 Å². The van der Waals surface area contributed by atoms with E-state index in [-0.39, 0.29) is 17.4 Å². The summed E-state index contributed by atoms with van der Waals surface area (Å²) in [5.41, 5.74) is 0.557. The van der Waals surface area contributed by atoms with Gasteiger partial charge in [-0.25, -0.2) is 0 Å². The number of likely N-dealkylation sites (tertiary alicyclic amines) is 1. The van der Waals surface area contributed by atoms with Crippen LogP contribution in [0.15, 0.2) is 33.6 Å². The number of nitrogens with one attached hydrogen (secondary N) is 1.